The van der Waals surface area contributed by atoms with Crippen molar-refractivity contribution >= 4 is 11.6 Å². The van der Waals surface area contributed by atoms with Gasteiger partial charge in [0.05, 0.1) is 17.3 Å². The van der Waals surface area contributed by atoms with Crippen LogP contribution in [0, 0.1) is 0 Å². The first-order chi connectivity index (χ1) is 7.29. The first-order valence-electron chi connectivity index (χ1n) is 4.90. The summed E-state index contributed by atoms with van der Waals surface area (Å²) < 4.78 is 5.36. The summed E-state index contributed by atoms with van der Waals surface area (Å²) in [6.07, 6.45) is 4.56. The first-order valence-corrected chi connectivity index (χ1v) is 5.28. The Hall–Kier alpha value is -1.06. The molecular weight excluding hydrogens is 214 g/mol. The van der Waals surface area contributed by atoms with Crippen LogP contribution in [0.4, 0.5) is 0 Å². The normalized spacial score (nSPS) is 17.9. The van der Waals surface area contributed by atoms with Crippen molar-refractivity contribution in [1.82, 2.24) is 4.98 Å². The third-order valence-corrected chi connectivity index (χ3v) is 2.60. The van der Waals surface area contributed by atoms with E-state index < -0.39 is 6.10 Å². The fourth-order valence-electron chi connectivity index (χ4n) is 1.50. The number of aliphatic hydroxyl groups is 1. The minimum Gasteiger partial charge on any atom is -0.495 e. The second-order valence-electron chi connectivity index (χ2n) is 3.37. The summed E-state index contributed by atoms with van der Waals surface area (Å²) in [6.45, 7) is 0.646. The molecule has 2 rings (SSSR count). The molecule has 0 spiro atoms. The van der Waals surface area contributed by atoms with E-state index in [1.165, 1.54) is 0 Å². The van der Waals surface area contributed by atoms with Gasteiger partial charge in [-0.1, -0.05) is 11.6 Å². The molecule has 0 saturated carbocycles. The molecule has 0 aromatic carbocycles. The molecule has 1 aromatic heterocycles. The van der Waals surface area contributed by atoms with E-state index in [2.05, 4.69) is 4.98 Å². The van der Waals surface area contributed by atoms with E-state index >= 15 is 0 Å². The van der Waals surface area contributed by atoms with Gasteiger partial charge in [-0.2, -0.15) is 0 Å². The molecule has 3 nitrogen and oxygen atoms in total. The Kier molecular flexibility index (Phi) is 3.23. The van der Waals surface area contributed by atoms with E-state index in [0.717, 1.165) is 12.8 Å². The monoisotopic (exact) mass is 225 g/mol. The van der Waals surface area contributed by atoms with Crippen molar-refractivity contribution in [2.45, 2.75) is 18.9 Å². The van der Waals surface area contributed by atoms with Gasteiger partial charge in [-0.25, -0.2) is 0 Å². The Morgan fingerprint density at radius 2 is 2.40 bits per heavy atom. The van der Waals surface area contributed by atoms with Gasteiger partial charge < -0.3 is 9.84 Å². The van der Waals surface area contributed by atoms with Crippen molar-refractivity contribution in [3.8, 4) is 0 Å². The van der Waals surface area contributed by atoms with E-state index in [1.54, 1.807) is 18.3 Å². The number of rotatable bonds is 2. The van der Waals surface area contributed by atoms with Gasteiger partial charge >= 0.3 is 0 Å². The quantitative estimate of drug-likeness (QED) is 0.841. The lowest BCUT2D eigenvalue weighted by molar-refractivity contribution is 0.0895. The minimum absolute atomic E-state index is 0.451. The Balaban J connectivity index is 2.23. The van der Waals surface area contributed by atoms with Crippen LogP contribution in [0.5, 0.6) is 0 Å². The molecule has 4 heteroatoms. The van der Waals surface area contributed by atoms with Crippen molar-refractivity contribution in [3.63, 3.8) is 0 Å². The number of nitrogens with zero attached hydrogens (tertiary/aromatic N) is 1. The van der Waals surface area contributed by atoms with Crippen LogP contribution in [0.15, 0.2) is 30.2 Å². The molecule has 1 unspecified atom stereocenters. The van der Waals surface area contributed by atoms with Gasteiger partial charge in [0.2, 0.25) is 0 Å². The Labute approximate surface area is 93.4 Å². The fourth-order valence-corrected chi connectivity index (χ4v) is 1.73. The molecule has 2 heterocycles. The van der Waals surface area contributed by atoms with Crippen LogP contribution in [-0.2, 0) is 4.74 Å². The van der Waals surface area contributed by atoms with E-state index in [1.807, 2.05) is 6.08 Å². The molecule has 1 aliphatic rings. The molecule has 0 saturated heterocycles. The second-order valence-corrected chi connectivity index (χ2v) is 3.78. The zero-order chi connectivity index (χ0) is 10.7. The predicted molar refractivity (Wildman–Crippen MR) is 57.5 cm³/mol. The second kappa shape index (κ2) is 4.64. The number of pyridine rings is 1. The molecule has 0 bridgehead atoms. The number of ether oxygens (including phenoxy) is 1. The number of allylic oxidation sites excluding steroid dienone is 1. The van der Waals surface area contributed by atoms with Crippen LogP contribution in [0.1, 0.15) is 24.6 Å². The lowest BCUT2D eigenvalue weighted by Crippen LogP contribution is -2.11. The molecule has 80 valence electrons. The smallest absolute Gasteiger partial charge is 0.154 e. The van der Waals surface area contributed by atoms with Crippen LogP contribution < -0.4 is 0 Å². The number of aromatic nitrogens is 1. The van der Waals surface area contributed by atoms with Crippen molar-refractivity contribution in [2.24, 2.45) is 0 Å². The lowest BCUT2D eigenvalue weighted by atomic mass is 10.1. The zero-order valence-electron chi connectivity index (χ0n) is 8.19. The van der Waals surface area contributed by atoms with Crippen LogP contribution >= 0.6 is 11.6 Å². The number of hydrogen-bond donors (Lipinski definition) is 1. The molecule has 15 heavy (non-hydrogen) atoms. The van der Waals surface area contributed by atoms with Crippen molar-refractivity contribution in [2.75, 3.05) is 6.61 Å². The SMILES string of the molecule is OC(C1=CCCCO1)c1ncccc1Cl. The van der Waals surface area contributed by atoms with Gasteiger partial charge in [0, 0.05) is 6.20 Å². The molecule has 1 atom stereocenters. The summed E-state index contributed by atoms with van der Waals surface area (Å²) in [5, 5.41) is 10.4. The third-order valence-electron chi connectivity index (χ3n) is 2.28. The van der Waals surface area contributed by atoms with E-state index in [-0.39, 0.29) is 0 Å². The molecular formula is C11H12ClNO2. The number of halogens is 1. The van der Waals surface area contributed by atoms with Crippen molar-refractivity contribution < 1.29 is 9.84 Å². The van der Waals surface area contributed by atoms with Gasteiger partial charge in [0.25, 0.3) is 0 Å². The molecule has 0 radical (unpaired) electrons. The van der Waals surface area contributed by atoms with Gasteiger partial charge in [0.1, 0.15) is 5.76 Å². The summed E-state index contributed by atoms with van der Waals surface area (Å²) in [4.78, 5) is 4.05. The number of hydrogen-bond acceptors (Lipinski definition) is 3. The summed E-state index contributed by atoms with van der Waals surface area (Å²) in [5.41, 5.74) is 0.451. The Morgan fingerprint density at radius 1 is 1.53 bits per heavy atom. The summed E-state index contributed by atoms with van der Waals surface area (Å²) in [5.74, 6) is 0.557. The van der Waals surface area contributed by atoms with Crippen molar-refractivity contribution in [3.05, 3.63) is 40.9 Å². The maximum atomic E-state index is 9.99. The average Bonchev–Trinajstić information content (AvgIpc) is 2.30. The lowest BCUT2D eigenvalue weighted by Gasteiger charge is -2.19. The molecule has 1 aromatic rings. The van der Waals surface area contributed by atoms with Crippen molar-refractivity contribution in [1.29, 1.82) is 0 Å². The summed E-state index contributed by atoms with van der Waals surface area (Å²) in [6, 6.07) is 3.44. The van der Waals surface area contributed by atoms with Crippen LogP contribution in [0.3, 0.4) is 0 Å². The Morgan fingerprint density at radius 3 is 3.07 bits per heavy atom. The maximum Gasteiger partial charge on any atom is 0.154 e. The molecule has 1 N–H and O–H groups in total. The van der Waals surface area contributed by atoms with Crippen LogP contribution in [-0.4, -0.2) is 16.7 Å². The molecule has 0 fully saturated rings. The van der Waals surface area contributed by atoms with Gasteiger partial charge in [-0.05, 0) is 31.1 Å². The highest BCUT2D eigenvalue weighted by Crippen LogP contribution is 2.28. The van der Waals surface area contributed by atoms with Crippen LogP contribution in [0.2, 0.25) is 5.02 Å². The standard InChI is InChI=1S/C11H12ClNO2/c12-8-4-3-6-13-10(8)11(14)9-5-1-2-7-15-9/h3-6,11,14H,1-2,7H2. The number of aliphatic hydroxyl groups excluding tert-OH is 1. The fraction of sp³-hybridized carbons (Fsp3) is 0.364. The third kappa shape index (κ3) is 2.30. The molecule has 0 amide bonds. The van der Waals surface area contributed by atoms with Gasteiger partial charge in [-0.15, -0.1) is 0 Å². The van der Waals surface area contributed by atoms with Crippen LogP contribution in [0.25, 0.3) is 0 Å². The Bertz CT molecular complexity index is 379. The van der Waals surface area contributed by atoms with Gasteiger partial charge in [-0.3, -0.25) is 4.98 Å². The molecule has 0 aliphatic carbocycles. The summed E-state index contributed by atoms with van der Waals surface area (Å²) in [7, 11) is 0. The first kappa shape index (κ1) is 10.5. The van der Waals surface area contributed by atoms with E-state index in [0.29, 0.717) is 23.1 Å². The van der Waals surface area contributed by atoms with E-state index in [4.69, 9.17) is 16.3 Å². The van der Waals surface area contributed by atoms with Gasteiger partial charge in [0.15, 0.2) is 6.10 Å². The highest BCUT2D eigenvalue weighted by atomic mass is 35.5. The minimum atomic E-state index is -0.848. The predicted octanol–water partition coefficient (Wildman–Crippen LogP) is 2.46. The largest absolute Gasteiger partial charge is 0.495 e. The highest BCUT2D eigenvalue weighted by Gasteiger charge is 2.20. The highest BCUT2D eigenvalue weighted by molar-refractivity contribution is 6.31. The molecule has 1 aliphatic heterocycles. The topological polar surface area (TPSA) is 42.4 Å². The maximum absolute atomic E-state index is 9.99. The average molecular weight is 226 g/mol. The van der Waals surface area contributed by atoms with E-state index in [9.17, 15) is 5.11 Å². The zero-order valence-corrected chi connectivity index (χ0v) is 8.94. The summed E-state index contributed by atoms with van der Waals surface area (Å²) >= 11 is 5.93.